The molecule has 0 saturated heterocycles. The lowest BCUT2D eigenvalue weighted by molar-refractivity contribution is 0.206. The molecule has 42 valence electrons. The molecule has 0 amide bonds. The highest BCUT2D eigenvalue weighted by Gasteiger charge is 2.22. The fraction of sp³-hybridized carbons (Fsp3) is 1.00. The average molecular weight is 106 g/mol. The zero-order chi connectivity index (χ0) is 12.5. The van der Waals surface area contributed by atoms with Crippen LogP contribution >= 0.6 is 0 Å². The van der Waals surface area contributed by atoms with Gasteiger partial charge in [0.2, 0.25) is 0 Å². The van der Waals surface area contributed by atoms with Gasteiger partial charge in [0.1, 0.15) is 0 Å². The van der Waals surface area contributed by atoms with Crippen LogP contribution in [-0.2, 0) is 0 Å². The highest BCUT2D eigenvalue weighted by atomic mass is 14.3. The van der Waals surface area contributed by atoms with E-state index in [1.54, 1.807) is 0 Å². The second-order valence-electron chi connectivity index (χ2n) is 1.50. The lowest BCUT2D eigenvalue weighted by atomic mass is 9.75. The van der Waals surface area contributed by atoms with Gasteiger partial charge < -0.3 is 0 Å². The molecule has 0 bridgehead atoms. The molecule has 0 radical (unpaired) electrons. The molecule has 0 spiro atoms. The molecular weight excluding hydrogens is 84.1 g/mol. The molecular formula is C7H14. The summed E-state index contributed by atoms with van der Waals surface area (Å²) in [4.78, 5) is 0. The Morgan fingerprint density at radius 2 is 2.57 bits per heavy atom. The lowest BCUT2D eigenvalue weighted by Crippen LogP contribution is -2.19. The first-order valence-electron chi connectivity index (χ1n) is 6.25. The molecule has 7 heavy (non-hydrogen) atoms. The zero-order valence-electron chi connectivity index (χ0n) is 12.5. The van der Waals surface area contributed by atoms with E-state index in [1.165, 1.54) is 0 Å². The summed E-state index contributed by atoms with van der Waals surface area (Å²) >= 11 is 0. The van der Waals surface area contributed by atoms with Crippen LogP contribution in [-0.4, -0.2) is 0 Å². The number of hydrogen-bond donors (Lipinski definition) is 0. The van der Waals surface area contributed by atoms with Gasteiger partial charge in [-0.1, -0.05) is 20.2 Å². The van der Waals surface area contributed by atoms with Crippen LogP contribution in [0.5, 0.6) is 0 Å². The van der Waals surface area contributed by atoms with Gasteiger partial charge in [-0.3, -0.25) is 0 Å². The van der Waals surface area contributed by atoms with Crippen molar-refractivity contribution >= 4 is 0 Å². The van der Waals surface area contributed by atoms with E-state index in [0.717, 1.165) is 13.8 Å². The van der Waals surface area contributed by atoms with Crippen LogP contribution in [0.4, 0.5) is 0 Å². The minimum atomic E-state index is -2.55. The average Bonchev–Trinajstić information content (AvgIpc) is 1.98. The molecule has 0 unspecified atom stereocenters. The summed E-state index contributed by atoms with van der Waals surface area (Å²) in [5, 5.41) is 0. The van der Waals surface area contributed by atoms with Gasteiger partial charge in [0.05, 0.1) is 0 Å². The first-order valence-corrected chi connectivity index (χ1v) is 2.25. The fourth-order valence-corrected chi connectivity index (χ4v) is 0.500. The van der Waals surface area contributed by atoms with E-state index >= 15 is 0 Å². The van der Waals surface area contributed by atoms with Crippen molar-refractivity contribution in [3.63, 3.8) is 0 Å². The molecule has 1 aliphatic rings. The van der Waals surface area contributed by atoms with E-state index in [2.05, 4.69) is 0 Å². The Hall–Kier alpha value is 0. The van der Waals surface area contributed by atoms with Crippen LogP contribution in [0.1, 0.15) is 43.9 Å². The first-order chi connectivity index (χ1) is 6.25. The maximum Gasteiger partial charge on any atom is 0.0303 e. The Kier molecular flexibility index (Phi) is 0.296. The molecule has 0 heterocycles. The molecule has 0 N–H and O–H groups in total. The molecule has 1 saturated carbocycles. The first kappa shape index (κ1) is 1.12. The van der Waals surface area contributed by atoms with E-state index in [1.807, 2.05) is 0 Å². The Bertz CT molecular complexity index is 268. The monoisotopic (exact) mass is 106 g/mol. The number of hydrogen-bond acceptors (Lipinski definition) is 0. The smallest absolute Gasteiger partial charge is 0.0303 e. The molecule has 0 heteroatoms. The highest BCUT2D eigenvalue weighted by molar-refractivity contribution is 4.74. The maximum atomic E-state index is 7.73. The van der Waals surface area contributed by atoms with Crippen LogP contribution in [0.2, 0.25) is 0 Å². The maximum absolute atomic E-state index is 7.73. The van der Waals surface area contributed by atoms with Gasteiger partial charge in [0, 0.05) is 11.0 Å². The SMILES string of the molecule is [2H]C([2H])(C)C1([2H])C([2H])([2H])C([2H])(C)C1([2H])[2H]. The van der Waals surface area contributed by atoms with Crippen LogP contribution < -0.4 is 0 Å². The second-order valence-corrected chi connectivity index (χ2v) is 1.50. The Labute approximate surface area is 57.2 Å². The van der Waals surface area contributed by atoms with Gasteiger partial charge in [-0.15, -0.1) is 0 Å². The molecule has 0 aromatic rings. The molecule has 1 fully saturated rings. The van der Waals surface area contributed by atoms with Gasteiger partial charge in [0.25, 0.3) is 0 Å². The van der Waals surface area contributed by atoms with Crippen LogP contribution in [0, 0.1) is 11.8 Å². The minimum absolute atomic E-state index is 0.977. The number of rotatable bonds is 1. The topological polar surface area (TPSA) is 0 Å². The Balaban J connectivity index is 3.36. The van der Waals surface area contributed by atoms with Crippen molar-refractivity contribution in [3.8, 4) is 0 Å². The van der Waals surface area contributed by atoms with Crippen molar-refractivity contribution in [1.82, 2.24) is 0 Å². The van der Waals surface area contributed by atoms with Crippen molar-refractivity contribution in [2.75, 3.05) is 0 Å². The predicted molar refractivity (Wildman–Crippen MR) is 32.2 cm³/mol. The van der Waals surface area contributed by atoms with E-state index in [9.17, 15) is 0 Å². The quantitative estimate of drug-likeness (QED) is 0.481. The molecule has 1 rings (SSSR count). The van der Waals surface area contributed by atoms with E-state index in [-0.39, 0.29) is 0 Å². The largest absolute Gasteiger partial charge is 0.0651 e. The highest BCUT2D eigenvalue weighted by Crippen LogP contribution is 2.34. The van der Waals surface area contributed by atoms with Gasteiger partial charge in [-0.05, 0) is 24.5 Å². The summed E-state index contributed by atoms with van der Waals surface area (Å²) in [7, 11) is 0. The van der Waals surface area contributed by atoms with Crippen molar-refractivity contribution < 1.29 is 11.0 Å². The molecule has 0 aromatic heterocycles. The molecule has 0 aromatic carbocycles. The van der Waals surface area contributed by atoms with Gasteiger partial charge in [-0.2, -0.15) is 0 Å². The van der Waals surface area contributed by atoms with Gasteiger partial charge in [0.15, 0.2) is 0 Å². The van der Waals surface area contributed by atoms with Gasteiger partial charge in [-0.25, -0.2) is 0 Å². The molecule has 1 aliphatic carbocycles. The van der Waals surface area contributed by atoms with Crippen LogP contribution in [0.3, 0.4) is 0 Å². The van der Waals surface area contributed by atoms with E-state index in [0.29, 0.717) is 0 Å². The summed E-state index contributed by atoms with van der Waals surface area (Å²) in [6.45, 7) is 2.04. The van der Waals surface area contributed by atoms with Crippen molar-refractivity contribution in [3.05, 3.63) is 0 Å². The third kappa shape index (κ3) is 0.960. The third-order valence-electron chi connectivity index (χ3n) is 0.875. The van der Waals surface area contributed by atoms with Crippen molar-refractivity contribution in [2.24, 2.45) is 11.8 Å². The fourth-order valence-electron chi connectivity index (χ4n) is 0.500. The van der Waals surface area contributed by atoms with Crippen molar-refractivity contribution in [2.45, 2.75) is 33.0 Å². The lowest BCUT2D eigenvalue weighted by Gasteiger charge is -2.31. The standard InChI is InChI=1S/C7H14/c1-3-7-4-6(2)5-7/h6-7H,3-5H2,1-2H3/i3D2,4D2,5D2,6D,7D. The third-order valence-corrected chi connectivity index (χ3v) is 0.875. The predicted octanol–water partition coefficient (Wildman–Crippen LogP) is 2.44. The second kappa shape index (κ2) is 1.85. The normalized spacial score (nSPS) is 94.6. The Morgan fingerprint density at radius 1 is 2.00 bits per heavy atom. The summed E-state index contributed by atoms with van der Waals surface area (Å²) in [6.07, 6.45) is -7.40. The summed E-state index contributed by atoms with van der Waals surface area (Å²) in [6, 6.07) is 0. The van der Waals surface area contributed by atoms with Crippen LogP contribution in [0.25, 0.3) is 0 Å². The van der Waals surface area contributed by atoms with Gasteiger partial charge >= 0.3 is 0 Å². The molecule has 0 aliphatic heterocycles. The van der Waals surface area contributed by atoms with Crippen LogP contribution in [0.15, 0.2) is 0 Å². The summed E-state index contributed by atoms with van der Waals surface area (Å²) in [5.41, 5.74) is 0. The zero-order valence-corrected chi connectivity index (χ0v) is 4.50. The summed E-state index contributed by atoms with van der Waals surface area (Å²) < 4.78 is 60.3. The molecule has 0 atom stereocenters. The van der Waals surface area contributed by atoms with E-state index in [4.69, 9.17) is 11.0 Å². The molecule has 0 nitrogen and oxygen atoms in total. The van der Waals surface area contributed by atoms with Crippen molar-refractivity contribution in [1.29, 1.82) is 0 Å². The minimum Gasteiger partial charge on any atom is -0.0651 e. The summed E-state index contributed by atoms with van der Waals surface area (Å²) in [5.74, 6) is -4.66. The van der Waals surface area contributed by atoms with E-state index < -0.39 is 30.9 Å². The Morgan fingerprint density at radius 3 is 2.86 bits per heavy atom.